The van der Waals surface area contributed by atoms with Crippen molar-refractivity contribution < 1.29 is 4.84 Å². The Labute approximate surface area is 111 Å². The molecular weight excluding hydrogens is 224 g/mol. The summed E-state index contributed by atoms with van der Waals surface area (Å²) in [5.41, 5.74) is 1.71. The predicted octanol–water partition coefficient (Wildman–Crippen LogP) is 2.93. The number of oxime groups is 1. The zero-order valence-corrected chi connectivity index (χ0v) is 12.4. The molecule has 0 spiro atoms. The lowest BCUT2D eigenvalue weighted by Gasteiger charge is -2.40. The molecule has 18 heavy (non-hydrogen) atoms. The van der Waals surface area contributed by atoms with Gasteiger partial charge in [-0.25, -0.2) is 0 Å². The Morgan fingerprint density at radius 3 is 2.61 bits per heavy atom. The van der Waals surface area contributed by atoms with E-state index in [-0.39, 0.29) is 5.54 Å². The number of hydrogen-bond donors (Lipinski definition) is 0. The molecular formula is C15H26N2O. The summed E-state index contributed by atoms with van der Waals surface area (Å²) < 4.78 is 0. The fraction of sp³-hybridized carbons (Fsp3) is 0.800. The van der Waals surface area contributed by atoms with Gasteiger partial charge >= 0.3 is 0 Å². The van der Waals surface area contributed by atoms with Crippen molar-refractivity contribution in [1.82, 2.24) is 4.90 Å². The highest BCUT2D eigenvalue weighted by Crippen LogP contribution is 2.66. The van der Waals surface area contributed by atoms with Crippen LogP contribution in [0.3, 0.4) is 0 Å². The van der Waals surface area contributed by atoms with Crippen molar-refractivity contribution in [2.75, 3.05) is 20.7 Å². The average molecular weight is 250 g/mol. The van der Waals surface area contributed by atoms with Crippen molar-refractivity contribution in [3.8, 4) is 0 Å². The first kappa shape index (κ1) is 13.6. The van der Waals surface area contributed by atoms with E-state index in [9.17, 15) is 0 Å². The highest BCUT2D eigenvalue weighted by molar-refractivity contribution is 5.94. The summed E-state index contributed by atoms with van der Waals surface area (Å²) in [7, 11) is 4.28. The average Bonchev–Trinajstić information content (AvgIpc) is 2.80. The van der Waals surface area contributed by atoms with Gasteiger partial charge in [0.15, 0.2) is 0 Å². The molecule has 2 rings (SSSR count). The molecule has 0 saturated heterocycles. The van der Waals surface area contributed by atoms with Gasteiger partial charge in [-0.05, 0) is 51.1 Å². The molecule has 2 fully saturated rings. The lowest BCUT2D eigenvalue weighted by molar-refractivity contribution is 0.153. The van der Waals surface area contributed by atoms with Gasteiger partial charge in [-0.3, -0.25) is 4.90 Å². The number of nitrogens with zero attached hydrogens (tertiary/aromatic N) is 2. The summed E-state index contributed by atoms with van der Waals surface area (Å²) in [5.74, 6) is 1.62. The lowest BCUT2D eigenvalue weighted by atomic mass is 9.80. The molecule has 2 aliphatic rings. The van der Waals surface area contributed by atoms with Crippen LogP contribution in [-0.2, 0) is 4.84 Å². The summed E-state index contributed by atoms with van der Waals surface area (Å²) in [5, 5.41) is 4.39. The number of hydrogen-bond acceptors (Lipinski definition) is 3. The maximum absolute atomic E-state index is 5.35. The highest BCUT2D eigenvalue weighted by atomic mass is 16.6. The molecule has 0 heterocycles. The molecule has 2 saturated carbocycles. The van der Waals surface area contributed by atoms with Crippen LogP contribution in [0.4, 0.5) is 0 Å². The third-order valence-corrected chi connectivity index (χ3v) is 5.29. The largest absolute Gasteiger partial charge is 0.392 e. The molecule has 0 amide bonds. The number of fused-ring (bicyclic) bond motifs is 1. The van der Waals surface area contributed by atoms with E-state index < -0.39 is 0 Å². The zero-order valence-electron chi connectivity index (χ0n) is 12.4. The van der Waals surface area contributed by atoms with Gasteiger partial charge in [0.25, 0.3) is 0 Å². The van der Waals surface area contributed by atoms with E-state index >= 15 is 0 Å². The summed E-state index contributed by atoms with van der Waals surface area (Å²) in [4.78, 5) is 7.63. The van der Waals surface area contributed by atoms with E-state index in [0.717, 1.165) is 18.3 Å². The monoisotopic (exact) mass is 250 g/mol. The van der Waals surface area contributed by atoms with Crippen molar-refractivity contribution in [2.45, 2.75) is 39.2 Å². The van der Waals surface area contributed by atoms with Crippen molar-refractivity contribution in [3.05, 3.63) is 12.7 Å². The molecule has 102 valence electrons. The fourth-order valence-corrected chi connectivity index (χ4v) is 3.39. The van der Waals surface area contributed by atoms with Gasteiger partial charge in [-0.1, -0.05) is 31.7 Å². The molecule has 0 radical (unpaired) electrons. The first-order valence-electron chi connectivity index (χ1n) is 6.81. The third-order valence-electron chi connectivity index (χ3n) is 5.29. The van der Waals surface area contributed by atoms with E-state index in [1.807, 2.05) is 0 Å². The molecule has 0 N–H and O–H groups in total. The predicted molar refractivity (Wildman–Crippen MR) is 75.7 cm³/mol. The second-order valence-corrected chi connectivity index (χ2v) is 6.73. The summed E-state index contributed by atoms with van der Waals surface area (Å²) >= 11 is 0. The molecule has 0 aromatic rings. The van der Waals surface area contributed by atoms with Crippen LogP contribution in [0.5, 0.6) is 0 Å². The summed E-state index contributed by atoms with van der Waals surface area (Å²) in [6.45, 7) is 11.2. The standard InChI is InChI=1S/C15H26N2O/c1-7-8-18-16-13-9-11-12(14(11,2)3)10-15(13,4)17(5)6/h7,11-12H,1,8-10H2,2-6H3/b16-13+. The van der Waals surface area contributed by atoms with Gasteiger partial charge in [-0.15, -0.1) is 0 Å². The van der Waals surface area contributed by atoms with Gasteiger partial charge in [0.2, 0.25) is 0 Å². The normalized spacial score (nSPS) is 39.6. The van der Waals surface area contributed by atoms with Crippen molar-refractivity contribution in [1.29, 1.82) is 0 Å². The topological polar surface area (TPSA) is 24.8 Å². The third kappa shape index (κ3) is 1.99. The Morgan fingerprint density at radius 1 is 1.39 bits per heavy atom. The molecule has 3 nitrogen and oxygen atoms in total. The Kier molecular flexibility index (Phi) is 3.30. The van der Waals surface area contributed by atoms with Crippen LogP contribution in [0.15, 0.2) is 17.8 Å². The van der Waals surface area contributed by atoms with E-state index in [1.165, 1.54) is 12.1 Å². The molecule has 2 aliphatic carbocycles. The van der Waals surface area contributed by atoms with Crippen molar-refractivity contribution in [2.24, 2.45) is 22.4 Å². The van der Waals surface area contributed by atoms with E-state index in [4.69, 9.17) is 4.84 Å². The second kappa shape index (κ2) is 4.37. The van der Waals surface area contributed by atoms with Crippen LogP contribution in [0.2, 0.25) is 0 Å². The van der Waals surface area contributed by atoms with Crippen LogP contribution in [0.1, 0.15) is 33.6 Å². The Hall–Kier alpha value is -0.830. The van der Waals surface area contributed by atoms with Gasteiger partial charge < -0.3 is 4.84 Å². The zero-order chi connectivity index (χ0) is 13.6. The van der Waals surface area contributed by atoms with Gasteiger partial charge in [0, 0.05) is 0 Å². The molecule has 0 bridgehead atoms. The SMILES string of the molecule is C=CCO/N=C1\CC2C(CC1(C)N(C)C)C2(C)C. The second-order valence-electron chi connectivity index (χ2n) is 6.73. The van der Waals surface area contributed by atoms with Crippen LogP contribution in [0, 0.1) is 17.3 Å². The Morgan fingerprint density at radius 2 is 2.06 bits per heavy atom. The molecule has 3 atom stereocenters. The van der Waals surface area contributed by atoms with Crippen molar-refractivity contribution >= 4 is 5.71 Å². The number of rotatable bonds is 4. The van der Waals surface area contributed by atoms with Crippen LogP contribution >= 0.6 is 0 Å². The van der Waals surface area contributed by atoms with E-state index in [0.29, 0.717) is 12.0 Å². The molecule has 3 heteroatoms. The lowest BCUT2D eigenvalue weighted by Crippen LogP contribution is -2.51. The smallest absolute Gasteiger partial charge is 0.135 e. The quantitative estimate of drug-likeness (QED) is 0.435. The minimum absolute atomic E-state index is 0.0378. The minimum atomic E-state index is 0.0378. The maximum Gasteiger partial charge on any atom is 0.135 e. The first-order valence-corrected chi connectivity index (χ1v) is 6.81. The molecule has 0 aromatic carbocycles. The maximum atomic E-state index is 5.35. The highest BCUT2D eigenvalue weighted by Gasteiger charge is 2.63. The van der Waals surface area contributed by atoms with Crippen molar-refractivity contribution in [3.63, 3.8) is 0 Å². The van der Waals surface area contributed by atoms with Crippen LogP contribution < -0.4 is 0 Å². The summed E-state index contributed by atoms with van der Waals surface area (Å²) in [6, 6.07) is 0. The van der Waals surface area contributed by atoms with Crippen LogP contribution in [-0.4, -0.2) is 36.9 Å². The van der Waals surface area contributed by atoms with Gasteiger partial charge in [0.1, 0.15) is 6.61 Å². The molecule has 0 aliphatic heterocycles. The van der Waals surface area contributed by atoms with E-state index in [1.54, 1.807) is 6.08 Å². The molecule has 3 unspecified atom stereocenters. The fourth-order valence-electron chi connectivity index (χ4n) is 3.39. The van der Waals surface area contributed by atoms with Crippen LogP contribution in [0.25, 0.3) is 0 Å². The first-order chi connectivity index (χ1) is 8.34. The molecule has 0 aromatic heterocycles. The van der Waals surface area contributed by atoms with Gasteiger partial charge in [0.05, 0.1) is 11.3 Å². The van der Waals surface area contributed by atoms with Gasteiger partial charge in [-0.2, -0.15) is 0 Å². The summed E-state index contributed by atoms with van der Waals surface area (Å²) in [6.07, 6.45) is 4.00. The van der Waals surface area contributed by atoms with E-state index in [2.05, 4.69) is 51.5 Å². The Bertz CT molecular complexity index is 373. The Balaban J connectivity index is 2.19. The minimum Gasteiger partial charge on any atom is -0.392 e.